The van der Waals surface area contributed by atoms with Gasteiger partial charge in [-0.15, -0.1) is 0 Å². The van der Waals surface area contributed by atoms with Crippen LogP contribution in [0, 0.1) is 6.92 Å². The van der Waals surface area contributed by atoms with Crippen LogP contribution < -0.4 is 10.1 Å². The predicted octanol–water partition coefficient (Wildman–Crippen LogP) is 2.10. The average molecular weight is 239 g/mol. The lowest BCUT2D eigenvalue weighted by molar-refractivity contribution is 0.396. The standard InChI is InChI=1S/C11H17N3OS/c1-8-7-10(15-2)14-11(12-8)13-9-3-5-16-6-4-9/h7,9H,3-6H2,1-2H3,(H,12,13,14). The van der Waals surface area contributed by atoms with Crippen LogP contribution in [0.3, 0.4) is 0 Å². The molecule has 1 aliphatic heterocycles. The minimum absolute atomic E-state index is 0.507. The van der Waals surface area contributed by atoms with Gasteiger partial charge in [-0.05, 0) is 31.3 Å². The summed E-state index contributed by atoms with van der Waals surface area (Å²) in [5.74, 6) is 3.76. The molecule has 1 aromatic heterocycles. The lowest BCUT2D eigenvalue weighted by atomic mass is 10.2. The summed E-state index contributed by atoms with van der Waals surface area (Å²) in [6, 6.07) is 2.34. The fraction of sp³-hybridized carbons (Fsp3) is 0.636. The molecular weight excluding hydrogens is 222 g/mol. The van der Waals surface area contributed by atoms with Gasteiger partial charge in [-0.3, -0.25) is 0 Å². The zero-order chi connectivity index (χ0) is 11.4. The lowest BCUT2D eigenvalue weighted by Crippen LogP contribution is -2.25. The second-order valence-corrected chi connectivity index (χ2v) is 5.13. The molecule has 0 radical (unpaired) electrons. The fourth-order valence-corrected chi connectivity index (χ4v) is 2.84. The molecule has 0 atom stereocenters. The molecular formula is C11H17N3OS. The maximum absolute atomic E-state index is 5.13. The summed E-state index contributed by atoms with van der Waals surface area (Å²) in [6.07, 6.45) is 2.37. The largest absolute Gasteiger partial charge is 0.481 e. The minimum atomic E-state index is 0.507. The Hall–Kier alpha value is -0.970. The summed E-state index contributed by atoms with van der Waals surface area (Å²) in [6.45, 7) is 1.95. The van der Waals surface area contributed by atoms with Crippen molar-refractivity contribution in [3.8, 4) is 5.88 Å². The van der Waals surface area contributed by atoms with Gasteiger partial charge in [0.15, 0.2) is 0 Å². The molecule has 1 N–H and O–H groups in total. The summed E-state index contributed by atoms with van der Waals surface area (Å²) in [4.78, 5) is 8.66. The van der Waals surface area contributed by atoms with E-state index in [0.29, 0.717) is 17.9 Å². The van der Waals surface area contributed by atoms with Crippen LogP contribution in [0.1, 0.15) is 18.5 Å². The number of hydrogen-bond donors (Lipinski definition) is 1. The molecule has 4 nitrogen and oxygen atoms in total. The Labute approximate surface area is 100 Å². The van der Waals surface area contributed by atoms with Crippen molar-refractivity contribution >= 4 is 17.7 Å². The van der Waals surface area contributed by atoms with E-state index in [4.69, 9.17) is 4.74 Å². The summed E-state index contributed by atoms with van der Waals surface area (Å²) in [7, 11) is 1.63. The number of nitrogens with one attached hydrogen (secondary N) is 1. The highest BCUT2D eigenvalue weighted by Crippen LogP contribution is 2.20. The lowest BCUT2D eigenvalue weighted by Gasteiger charge is -2.22. The Balaban J connectivity index is 2.04. The highest BCUT2D eigenvalue weighted by molar-refractivity contribution is 7.99. The van der Waals surface area contributed by atoms with Gasteiger partial charge in [-0.2, -0.15) is 16.7 Å². The molecule has 0 amide bonds. The number of hydrogen-bond acceptors (Lipinski definition) is 5. The molecule has 2 rings (SSSR count). The van der Waals surface area contributed by atoms with Gasteiger partial charge in [0.05, 0.1) is 7.11 Å². The summed E-state index contributed by atoms with van der Waals surface area (Å²) in [5.41, 5.74) is 0.930. The molecule has 1 saturated heterocycles. The van der Waals surface area contributed by atoms with E-state index in [-0.39, 0.29) is 0 Å². The Bertz CT molecular complexity index is 353. The summed E-state index contributed by atoms with van der Waals surface area (Å²) in [5, 5.41) is 3.38. The zero-order valence-corrected chi connectivity index (χ0v) is 10.5. The Morgan fingerprint density at radius 3 is 2.81 bits per heavy atom. The molecule has 0 unspecified atom stereocenters. The van der Waals surface area contributed by atoms with E-state index in [1.807, 2.05) is 24.8 Å². The smallest absolute Gasteiger partial charge is 0.226 e. The van der Waals surface area contributed by atoms with Gasteiger partial charge in [-0.1, -0.05) is 0 Å². The van der Waals surface area contributed by atoms with Gasteiger partial charge >= 0.3 is 0 Å². The second kappa shape index (κ2) is 5.39. The minimum Gasteiger partial charge on any atom is -0.481 e. The first-order valence-electron chi connectivity index (χ1n) is 5.52. The van der Waals surface area contributed by atoms with Crippen molar-refractivity contribution < 1.29 is 4.74 Å². The SMILES string of the molecule is COc1cc(C)nc(NC2CCSCC2)n1. The molecule has 1 aromatic rings. The van der Waals surface area contributed by atoms with Gasteiger partial charge in [-0.25, -0.2) is 4.98 Å². The Morgan fingerprint density at radius 1 is 1.38 bits per heavy atom. The molecule has 0 bridgehead atoms. The maximum atomic E-state index is 5.13. The van der Waals surface area contributed by atoms with Gasteiger partial charge in [0, 0.05) is 17.8 Å². The molecule has 0 spiro atoms. The van der Waals surface area contributed by atoms with Crippen LogP contribution in [0.4, 0.5) is 5.95 Å². The third-order valence-electron chi connectivity index (χ3n) is 2.59. The molecule has 5 heteroatoms. The van der Waals surface area contributed by atoms with Crippen molar-refractivity contribution in [2.75, 3.05) is 23.9 Å². The van der Waals surface area contributed by atoms with Crippen molar-refractivity contribution in [3.63, 3.8) is 0 Å². The van der Waals surface area contributed by atoms with E-state index in [1.54, 1.807) is 7.11 Å². The van der Waals surface area contributed by atoms with E-state index < -0.39 is 0 Å². The highest BCUT2D eigenvalue weighted by atomic mass is 32.2. The molecule has 0 aliphatic carbocycles. The number of thioether (sulfide) groups is 1. The molecule has 88 valence electrons. The zero-order valence-electron chi connectivity index (χ0n) is 9.69. The third-order valence-corrected chi connectivity index (χ3v) is 3.64. The quantitative estimate of drug-likeness (QED) is 0.875. The first-order valence-corrected chi connectivity index (χ1v) is 6.67. The molecule has 0 aromatic carbocycles. The van der Waals surface area contributed by atoms with Crippen molar-refractivity contribution in [2.24, 2.45) is 0 Å². The number of aryl methyl sites for hydroxylation is 1. The van der Waals surface area contributed by atoms with Gasteiger partial charge in [0.25, 0.3) is 0 Å². The van der Waals surface area contributed by atoms with E-state index in [9.17, 15) is 0 Å². The first-order chi connectivity index (χ1) is 7.78. The van der Waals surface area contributed by atoms with Crippen LogP contribution in [0.25, 0.3) is 0 Å². The summed E-state index contributed by atoms with van der Waals surface area (Å²) < 4.78 is 5.13. The normalized spacial score (nSPS) is 17.1. The fourth-order valence-electron chi connectivity index (χ4n) is 1.73. The number of anilines is 1. The highest BCUT2D eigenvalue weighted by Gasteiger charge is 2.14. The van der Waals surface area contributed by atoms with Crippen molar-refractivity contribution in [1.29, 1.82) is 0 Å². The number of aromatic nitrogens is 2. The van der Waals surface area contributed by atoms with Crippen LogP contribution >= 0.6 is 11.8 Å². The van der Waals surface area contributed by atoms with Gasteiger partial charge in [0.1, 0.15) is 0 Å². The summed E-state index contributed by atoms with van der Waals surface area (Å²) >= 11 is 2.01. The van der Waals surface area contributed by atoms with Crippen molar-refractivity contribution in [1.82, 2.24) is 9.97 Å². The number of methoxy groups -OCH3 is 1. The van der Waals surface area contributed by atoms with E-state index in [0.717, 1.165) is 5.69 Å². The molecule has 0 saturated carbocycles. The molecule has 16 heavy (non-hydrogen) atoms. The second-order valence-electron chi connectivity index (χ2n) is 3.91. The first kappa shape index (κ1) is 11.5. The number of rotatable bonds is 3. The average Bonchev–Trinajstić information content (AvgIpc) is 2.29. The Morgan fingerprint density at radius 2 is 2.12 bits per heavy atom. The number of nitrogens with zero attached hydrogens (tertiary/aromatic N) is 2. The van der Waals surface area contributed by atoms with Crippen LogP contribution in [0.2, 0.25) is 0 Å². The monoisotopic (exact) mass is 239 g/mol. The van der Waals surface area contributed by atoms with E-state index >= 15 is 0 Å². The molecule has 1 fully saturated rings. The van der Waals surface area contributed by atoms with Gasteiger partial charge < -0.3 is 10.1 Å². The maximum Gasteiger partial charge on any atom is 0.226 e. The topological polar surface area (TPSA) is 47.0 Å². The Kier molecular flexibility index (Phi) is 3.88. The van der Waals surface area contributed by atoms with Crippen LogP contribution in [0.15, 0.2) is 6.07 Å². The van der Waals surface area contributed by atoms with E-state index in [2.05, 4.69) is 15.3 Å². The molecule has 1 aliphatic rings. The van der Waals surface area contributed by atoms with Gasteiger partial charge in [0.2, 0.25) is 11.8 Å². The van der Waals surface area contributed by atoms with Crippen molar-refractivity contribution in [3.05, 3.63) is 11.8 Å². The van der Waals surface area contributed by atoms with E-state index in [1.165, 1.54) is 24.3 Å². The number of ether oxygens (including phenoxy) is 1. The predicted molar refractivity (Wildman–Crippen MR) is 67.3 cm³/mol. The van der Waals surface area contributed by atoms with Crippen LogP contribution in [-0.4, -0.2) is 34.6 Å². The van der Waals surface area contributed by atoms with Crippen LogP contribution in [-0.2, 0) is 0 Å². The van der Waals surface area contributed by atoms with Crippen LogP contribution in [0.5, 0.6) is 5.88 Å². The third kappa shape index (κ3) is 3.01. The van der Waals surface area contributed by atoms with Crippen molar-refractivity contribution in [2.45, 2.75) is 25.8 Å². The molecule has 2 heterocycles.